The van der Waals surface area contributed by atoms with Gasteiger partial charge in [-0.1, -0.05) is 0 Å². The Balaban J connectivity index is 2.96. The largest absolute Gasteiger partial charge is 0.398 e. The first-order valence-corrected chi connectivity index (χ1v) is 8.25. The van der Waals surface area contributed by atoms with Gasteiger partial charge in [0.2, 0.25) is 10.0 Å². The van der Waals surface area contributed by atoms with Crippen LogP contribution < -0.4 is 5.73 Å². The van der Waals surface area contributed by atoms with Gasteiger partial charge in [0.25, 0.3) is 0 Å². The zero-order valence-electron chi connectivity index (χ0n) is 11.7. The molecule has 1 aromatic rings. The van der Waals surface area contributed by atoms with Crippen molar-refractivity contribution in [3.8, 4) is 0 Å². The second kappa shape index (κ2) is 6.84. The van der Waals surface area contributed by atoms with Crippen molar-refractivity contribution in [3.05, 3.63) is 22.4 Å². The number of hydrogen-bond donors (Lipinski definition) is 1. The van der Waals surface area contributed by atoms with E-state index in [1.54, 1.807) is 0 Å². The molecule has 8 heteroatoms. The summed E-state index contributed by atoms with van der Waals surface area (Å²) in [5.74, 6) is -0.586. The number of nitrogens with two attached hydrogens (primary N) is 1. The van der Waals surface area contributed by atoms with Crippen LogP contribution in [0.3, 0.4) is 0 Å². The topological polar surface area (TPSA) is 66.6 Å². The Bertz CT molecular complexity index is 578. The number of nitrogen functional groups attached to an aromatic ring is 1. The Morgan fingerprint density at radius 1 is 1.25 bits per heavy atom. The third kappa shape index (κ3) is 4.15. The molecule has 0 heterocycles. The lowest BCUT2D eigenvalue weighted by molar-refractivity contribution is 0.370. The quantitative estimate of drug-likeness (QED) is 0.777. The van der Waals surface area contributed by atoms with E-state index in [0.717, 1.165) is 12.6 Å². The van der Waals surface area contributed by atoms with E-state index >= 15 is 0 Å². The fourth-order valence-electron chi connectivity index (χ4n) is 1.67. The van der Waals surface area contributed by atoms with Crippen molar-refractivity contribution in [2.45, 2.75) is 11.3 Å². The summed E-state index contributed by atoms with van der Waals surface area (Å²) in [6.45, 7) is 1.15. The normalized spacial score (nSPS) is 12.3. The summed E-state index contributed by atoms with van der Waals surface area (Å²) in [5, 5.41) is 0. The fraction of sp³-hybridized carbons (Fsp3) is 0.500. The Hall–Kier alpha value is -0.700. The van der Waals surface area contributed by atoms with Crippen LogP contribution in [0.2, 0.25) is 0 Å². The third-order valence-corrected chi connectivity index (χ3v) is 5.34. The highest BCUT2D eigenvalue weighted by Gasteiger charge is 2.24. The van der Waals surface area contributed by atoms with E-state index in [-0.39, 0.29) is 15.1 Å². The molecule has 20 heavy (non-hydrogen) atoms. The molecule has 2 N–H and O–H groups in total. The zero-order valence-corrected chi connectivity index (χ0v) is 14.1. The van der Waals surface area contributed by atoms with Crippen molar-refractivity contribution < 1.29 is 12.8 Å². The molecule has 0 bridgehead atoms. The Kier molecular flexibility index (Phi) is 5.93. The molecule has 0 saturated carbocycles. The summed E-state index contributed by atoms with van der Waals surface area (Å²) in [7, 11) is 1.61. The lowest BCUT2D eigenvalue weighted by atomic mass is 10.3. The van der Waals surface area contributed by atoms with Crippen molar-refractivity contribution in [2.24, 2.45) is 0 Å². The monoisotopic (exact) mass is 367 g/mol. The molecule has 5 nitrogen and oxygen atoms in total. The standard InChI is InChI=1S/C12H19BrFN3O2S/c1-16(2)5-4-6-17(3)20(18,19)12-7-9(13)10(14)8-11(12)15/h7-8H,4-6,15H2,1-3H3. The number of sulfonamides is 1. The van der Waals surface area contributed by atoms with Gasteiger partial charge < -0.3 is 10.6 Å². The second-order valence-electron chi connectivity index (χ2n) is 4.79. The molecule has 0 aliphatic heterocycles. The fourth-order valence-corrected chi connectivity index (χ4v) is 3.49. The van der Waals surface area contributed by atoms with Crippen LogP contribution in [0, 0.1) is 5.82 Å². The number of benzene rings is 1. The van der Waals surface area contributed by atoms with Crippen LogP contribution in [-0.4, -0.2) is 51.9 Å². The van der Waals surface area contributed by atoms with Gasteiger partial charge in [-0.05, 0) is 55.1 Å². The summed E-state index contributed by atoms with van der Waals surface area (Å²) >= 11 is 2.97. The second-order valence-corrected chi connectivity index (χ2v) is 7.66. The summed E-state index contributed by atoms with van der Waals surface area (Å²) in [4.78, 5) is 1.89. The van der Waals surface area contributed by atoms with Gasteiger partial charge in [0.05, 0.1) is 10.2 Å². The molecule has 0 radical (unpaired) electrons. The van der Waals surface area contributed by atoms with Crippen molar-refractivity contribution in [2.75, 3.05) is 40.0 Å². The summed E-state index contributed by atoms with van der Waals surface area (Å²) in [5.41, 5.74) is 5.52. The molecule has 0 aliphatic rings. The summed E-state index contributed by atoms with van der Waals surface area (Å²) in [6.07, 6.45) is 0.699. The van der Waals surface area contributed by atoms with Crippen LogP contribution in [0.1, 0.15) is 6.42 Å². The van der Waals surface area contributed by atoms with Crippen LogP contribution >= 0.6 is 15.9 Å². The van der Waals surface area contributed by atoms with Gasteiger partial charge in [-0.3, -0.25) is 0 Å². The van der Waals surface area contributed by atoms with E-state index in [4.69, 9.17) is 5.73 Å². The van der Waals surface area contributed by atoms with E-state index < -0.39 is 15.8 Å². The highest BCUT2D eigenvalue weighted by atomic mass is 79.9. The molecule has 0 aromatic heterocycles. The number of anilines is 1. The van der Waals surface area contributed by atoms with Crippen molar-refractivity contribution in [3.63, 3.8) is 0 Å². The maximum Gasteiger partial charge on any atom is 0.244 e. The van der Waals surface area contributed by atoms with Crippen LogP contribution in [-0.2, 0) is 10.0 Å². The summed E-state index contributed by atoms with van der Waals surface area (Å²) in [6, 6.07) is 2.20. The summed E-state index contributed by atoms with van der Waals surface area (Å²) < 4.78 is 39.4. The molecule has 0 spiro atoms. The van der Waals surface area contributed by atoms with Crippen molar-refractivity contribution in [1.29, 1.82) is 0 Å². The van der Waals surface area contributed by atoms with Gasteiger partial charge in [-0.15, -0.1) is 0 Å². The zero-order chi connectivity index (χ0) is 15.5. The van der Waals surface area contributed by atoms with Crippen LogP contribution in [0.4, 0.5) is 10.1 Å². The molecular weight excluding hydrogens is 349 g/mol. The highest BCUT2D eigenvalue weighted by molar-refractivity contribution is 9.10. The predicted molar refractivity (Wildman–Crippen MR) is 81.5 cm³/mol. The van der Waals surface area contributed by atoms with Gasteiger partial charge >= 0.3 is 0 Å². The first kappa shape index (κ1) is 17.4. The molecule has 1 rings (SSSR count). The Morgan fingerprint density at radius 2 is 1.85 bits per heavy atom. The average molecular weight is 368 g/mol. The van der Waals surface area contributed by atoms with Gasteiger partial charge in [0.15, 0.2) is 0 Å². The maximum absolute atomic E-state index is 13.3. The van der Waals surface area contributed by atoms with Crippen molar-refractivity contribution in [1.82, 2.24) is 9.21 Å². The predicted octanol–water partition coefficient (Wildman–Crippen LogP) is 1.74. The maximum atomic E-state index is 13.3. The SMILES string of the molecule is CN(C)CCCN(C)S(=O)(=O)c1cc(Br)c(F)cc1N. The molecule has 0 aliphatic carbocycles. The van der Waals surface area contributed by atoms with Gasteiger partial charge in [0.1, 0.15) is 10.7 Å². The van der Waals surface area contributed by atoms with Gasteiger partial charge in [-0.2, -0.15) is 0 Å². The average Bonchev–Trinajstić information content (AvgIpc) is 2.32. The number of hydrogen-bond acceptors (Lipinski definition) is 4. The minimum Gasteiger partial charge on any atom is -0.398 e. The van der Waals surface area contributed by atoms with E-state index in [1.807, 2.05) is 19.0 Å². The molecule has 0 saturated heterocycles. The number of halogens is 2. The Labute approximate surface area is 127 Å². The molecule has 0 fully saturated rings. The highest BCUT2D eigenvalue weighted by Crippen LogP contribution is 2.28. The van der Waals surface area contributed by atoms with Crippen LogP contribution in [0.15, 0.2) is 21.5 Å². The molecule has 1 aromatic carbocycles. The molecule has 0 unspecified atom stereocenters. The van der Waals surface area contributed by atoms with Gasteiger partial charge in [0, 0.05) is 13.6 Å². The van der Waals surface area contributed by atoms with Crippen LogP contribution in [0.5, 0.6) is 0 Å². The van der Waals surface area contributed by atoms with E-state index in [1.165, 1.54) is 17.4 Å². The van der Waals surface area contributed by atoms with E-state index in [0.29, 0.717) is 13.0 Å². The van der Waals surface area contributed by atoms with Crippen molar-refractivity contribution >= 4 is 31.6 Å². The lowest BCUT2D eigenvalue weighted by Gasteiger charge is -2.19. The minimum atomic E-state index is -3.71. The number of rotatable bonds is 6. The molecule has 0 amide bonds. The Morgan fingerprint density at radius 3 is 2.40 bits per heavy atom. The smallest absolute Gasteiger partial charge is 0.244 e. The molecular formula is C12H19BrFN3O2S. The number of nitrogens with zero attached hydrogens (tertiary/aromatic N) is 2. The first-order chi connectivity index (χ1) is 9.16. The van der Waals surface area contributed by atoms with E-state index in [2.05, 4.69) is 15.9 Å². The third-order valence-electron chi connectivity index (χ3n) is 2.82. The lowest BCUT2D eigenvalue weighted by Crippen LogP contribution is -2.30. The molecule has 114 valence electrons. The first-order valence-electron chi connectivity index (χ1n) is 6.02. The molecule has 0 atom stereocenters. The minimum absolute atomic E-state index is 0.0759. The van der Waals surface area contributed by atoms with Gasteiger partial charge in [-0.25, -0.2) is 17.1 Å². The van der Waals surface area contributed by atoms with Crippen LogP contribution in [0.25, 0.3) is 0 Å². The van der Waals surface area contributed by atoms with E-state index in [9.17, 15) is 12.8 Å².